The van der Waals surface area contributed by atoms with E-state index in [0.717, 1.165) is 59.1 Å². The fraction of sp³-hybridized carbons (Fsp3) is 0.261. The summed E-state index contributed by atoms with van der Waals surface area (Å²) < 4.78 is 0. The number of aliphatic imine (C=N–C) groups is 1. The van der Waals surface area contributed by atoms with Gasteiger partial charge in [0.2, 0.25) is 0 Å². The largest absolute Gasteiger partial charge is 0.339 e. The summed E-state index contributed by atoms with van der Waals surface area (Å²) in [5.74, 6) is 2.42. The molecule has 3 aliphatic rings. The zero-order valence-corrected chi connectivity index (χ0v) is 15.5. The van der Waals surface area contributed by atoms with E-state index in [2.05, 4.69) is 73.6 Å². The molecule has 0 spiro atoms. The van der Waals surface area contributed by atoms with E-state index in [0.29, 0.717) is 5.92 Å². The number of anilines is 1. The smallest absolute Gasteiger partial charge is 0.142 e. The van der Waals surface area contributed by atoms with Crippen molar-refractivity contribution < 1.29 is 0 Å². The minimum Gasteiger partial charge on any atom is -0.339 e. The monoisotopic (exact) mass is 343 g/mol. The average Bonchev–Trinajstić information content (AvgIpc) is 2.62. The van der Waals surface area contributed by atoms with Crippen LogP contribution < -0.4 is 10.2 Å². The van der Waals surface area contributed by atoms with Gasteiger partial charge in [-0.25, -0.2) is 4.99 Å². The van der Waals surface area contributed by atoms with Gasteiger partial charge in [-0.05, 0) is 36.5 Å². The van der Waals surface area contributed by atoms with Crippen molar-refractivity contribution in [1.82, 2.24) is 5.32 Å². The lowest BCUT2D eigenvalue weighted by Gasteiger charge is -2.39. The molecule has 3 heteroatoms. The van der Waals surface area contributed by atoms with Crippen LogP contribution in [0.4, 0.5) is 5.69 Å². The van der Waals surface area contributed by atoms with Crippen molar-refractivity contribution in [3.8, 4) is 0 Å². The summed E-state index contributed by atoms with van der Waals surface area (Å²) in [5.41, 5.74) is 6.39. The molecule has 0 atom stereocenters. The van der Waals surface area contributed by atoms with Crippen molar-refractivity contribution in [3.63, 3.8) is 0 Å². The van der Waals surface area contributed by atoms with Gasteiger partial charge in [-0.15, -0.1) is 0 Å². The summed E-state index contributed by atoms with van der Waals surface area (Å²) in [7, 11) is 0. The fourth-order valence-corrected chi connectivity index (χ4v) is 3.77. The Morgan fingerprint density at radius 3 is 2.58 bits per heavy atom. The first-order valence-electron chi connectivity index (χ1n) is 9.30. The second kappa shape index (κ2) is 6.49. The van der Waals surface area contributed by atoms with Gasteiger partial charge < -0.3 is 5.32 Å². The van der Waals surface area contributed by atoms with E-state index < -0.39 is 0 Å². The second-order valence-electron chi connectivity index (χ2n) is 7.38. The maximum Gasteiger partial charge on any atom is 0.142 e. The number of benzene rings is 1. The Morgan fingerprint density at radius 2 is 1.85 bits per heavy atom. The number of nitrogens with zero attached hydrogens (tertiary/aromatic N) is 2. The van der Waals surface area contributed by atoms with Crippen molar-refractivity contribution in [2.24, 2.45) is 10.9 Å². The van der Waals surface area contributed by atoms with Crippen LogP contribution in [-0.4, -0.2) is 5.84 Å². The van der Waals surface area contributed by atoms with Gasteiger partial charge in [-0.2, -0.15) is 0 Å². The Morgan fingerprint density at radius 1 is 1.12 bits per heavy atom. The van der Waals surface area contributed by atoms with Gasteiger partial charge in [0.05, 0.1) is 5.70 Å². The third kappa shape index (κ3) is 2.74. The minimum absolute atomic E-state index is 0.506. The first-order valence-corrected chi connectivity index (χ1v) is 9.30. The SMILES string of the molecule is C=C1C2=CCCC=C2NC2=C1C(=C)N(c1ccccc1)C(CC(C)C)=N2. The number of fused-ring (bicyclic) bond motifs is 1. The van der Waals surface area contributed by atoms with E-state index in [4.69, 9.17) is 4.99 Å². The Hall–Kier alpha value is -2.81. The van der Waals surface area contributed by atoms with E-state index in [1.165, 1.54) is 5.57 Å². The maximum absolute atomic E-state index is 5.02. The molecule has 2 aliphatic heterocycles. The third-order valence-electron chi connectivity index (χ3n) is 4.93. The summed E-state index contributed by atoms with van der Waals surface area (Å²) in [5, 5.41) is 3.53. The van der Waals surface area contributed by atoms with Crippen LogP contribution in [0.5, 0.6) is 0 Å². The van der Waals surface area contributed by atoms with Crippen molar-refractivity contribution in [2.45, 2.75) is 33.1 Å². The molecule has 26 heavy (non-hydrogen) atoms. The first kappa shape index (κ1) is 16.6. The van der Waals surface area contributed by atoms with Gasteiger partial charge in [0, 0.05) is 29.0 Å². The molecular formula is C23H25N3. The van der Waals surface area contributed by atoms with Crippen LogP contribution in [0.3, 0.4) is 0 Å². The molecule has 2 heterocycles. The third-order valence-corrected chi connectivity index (χ3v) is 4.93. The standard InChI is InChI=1S/C23H25N3/c1-15(2)14-21-25-23-22(16(3)19-12-8-9-13-20(19)24-23)17(4)26(21)18-10-6-5-7-11-18/h5-7,10-13,15,24H,3-4,8-9,14H2,1-2H3. The van der Waals surface area contributed by atoms with E-state index in [-0.39, 0.29) is 0 Å². The van der Waals surface area contributed by atoms with E-state index in [9.17, 15) is 0 Å². The molecule has 0 amide bonds. The topological polar surface area (TPSA) is 27.6 Å². The lowest BCUT2D eigenvalue weighted by molar-refractivity contribution is 0.674. The number of nitrogens with one attached hydrogen (secondary N) is 1. The number of allylic oxidation sites excluding steroid dienone is 4. The number of rotatable bonds is 3. The van der Waals surface area contributed by atoms with E-state index in [1.54, 1.807) is 0 Å². The predicted octanol–water partition coefficient (Wildman–Crippen LogP) is 5.44. The highest BCUT2D eigenvalue weighted by Gasteiger charge is 2.34. The predicted molar refractivity (Wildman–Crippen MR) is 110 cm³/mol. The van der Waals surface area contributed by atoms with Gasteiger partial charge >= 0.3 is 0 Å². The Bertz CT molecular complexity index is 895. The van der Waals surface area contributed by atoms with Gasteiger partial charge in [0.25, 0.3) is 0 Å². The molecule has 3 nitrogen and oxygen atoms in total. The van der Waals surface area contributed by atoms with Crippen LogP contribution in [-0.2, 0) is 0 Å². The summed E-state index contributed by atoms with van der Waals surface area (Å²) in [4.78, 5) is 7.20. The quantitative estimate of drug-likeness (QED) is 0.791. The molecule has 0 saturated heterocycles. The van der Waals surface area contributed by atoms with Gasteiger partial charge in [0.15, 0.2) is 0 Å². The normalized spacial score (nSPS) is 19.5. The molecule has 0 saturated carbocycles. The molecule has 0 radical (unpaired) electrons. The minimum atomic E-state index is 0.506. The van der Waals surface area contributed by atoms with Crippen LogP contribution in [0.2, 0.25) is 0 Å². The van der Waals surface area contributed by atoms with Crippen LogP contribution in [0, 0.1) is 5.92 Å². The van der Waals surface area contributed by atoms with Crippen molar-refractivity contribution >= 4 is 11.5 Å². The summed E-state index contributed by atoms with van der Waals surface area (Å²) in [6.45, 7) is 13.3. The van der Waals surface area contributed by atoms with Crippen LogP contribution >= 0.6 is 0 Å². The summed E-state index contributed by atoms with van der Waals surface area (Å²) in [6, 6.07) is 10.4. The van der Waals surface area contributed by atoms with Gasteiger partial charge in [0.1, 0.15) is 11.7 Å². The summed E-state index contributed by atoms with van der Waals surface area (Å²) in [6.07, 6.45) is 7.51. The Balaban J connectivity index is 1.84. The molecule has 1 N–H and O–H groups in total. The fourth-order valence-electron chi connectivity index (χ4n) is 3.77. The van der Waals surface area contributed by atoms with Crippen molar-refractivity contribution in [1.29, 1.82) is 0 Å². The second-order valence-corrected chi connectivity index (χ2v) is 7.38. The number of hydrogen-bond acceptors (Lipinski definition) is 3. The molecule has 1 aromatic rings. The van der Waals surface area contributed by atoms with E-state index >= 15 is 0 Å². The zero-order chi connectivity index (χ0) is 18.3. The Labute approximate surface area is 155 Å². The highest BCUT2D eigenvalue weighted by molar-refractivity contribution is 6.04. The molecule has 0 unspecified atom stereocenters. The average molecular weight is 343 g/mol. The lowest BCUT2D eigenvalue weighted by Crippen LogP contribution is -2.39. The van der Waals surface area contributed by atoms with Gasteiger partial charge in [-0.3, -0.25) is 4.90 Å². The molecule has 0 bridgehead atoms. The molecule has 132 valence electrons. The highest BCUT2D eigenvalue weighted by Crippen LogP contribution is 2.41. The van der Waals surface area contributed by atoms with Crippen molar-refractivity contribution in [2.75, 3.05) is 4.90 Å². The summed E-state index contributed by atoms with van der Waals surface area (Å²) >= 11 is 0. The molecule has 1 aliphatic carbocycles. The van der Waals surface area contributed by atoms with E-state index in [1.807, 2.05) is 6.07 Å². The molecule has 0 aromatic heterocycles. The molecule has 4 rings (SSSR count). The molecule has 1 aromatic carbocycles. The van der Waals surface area contributed by atoms with Crippen LogP contribution in [0.15, 0.2) is 94.6 Å². The Kier molecular flexibility index (Phi) is 4.15. The molecule has 0 fully saturated rings. The van der Waals surface area contributed by atoms with Crippen LogP contribution in [0.25, 0.3) is 0 Å². The van der Waals surface area contributed by atoms with Crippen molar-refractivity contribution in [3.05, 3.63) is 89.6 Å². The maximum atomic E-state index is 5.02. The first-order chi connectivity index (χ1) is 12.6. The van der Waals surface area contributed by atoms with Crippen LogP contribution in [0.1, 0.15) is 33.1 Å². The lowest BCUT2D eigenvalue weighted by atomic mass is 9.86. The molecular weight excluding hydrogens is 318 g/mol. The number of para-hydroxylation sites is 1. The highest BCUT2D eigenvalue weighted by atomic mass is 15.3. The zero-order valence-electron chi connectivity index (χ0n) is 15.5. The van der Waals surface area contributed by atoms with Gasteiger partial charge in [-0.1, -0.05) is 57.4 Å². The number of amidine groups is 1. The number of hydrogen-bond donors (Lipinski definition) is 1.